The zero-order valence-electron chi connectivity index (χ0n) is 14.8. The number of carbonyl (C=O) groups excluding carboxylic acids is 2. The number of para-hydroxylation sites is 1. The minimum atomic E-state index is -3.81. The van der Waals surface area contributed by atoms with E-state index in [0.717, 1.165) is 10.6 Å². The van der Waals surface area contributed by atoms with Crippen molar-refractivity contribution < 1.29 is 18.0 Å². The molecule has 0 saturated heterocycles. The topological polar surface area (TPSA) is 110 Å². The fourth-order valence-corrected chi connectivity index (χ4v) is 4.56. The van der Waals surface area contributed by atoms with E-state index in [-0.39, 0.29) is 10.8 Å². The standard InChI is InChI=1S/C18H19N3O4S2/c1-3-21-14-6-4-5-7-15(14)26-18(2,17(21)23)16(22)20-12-8-10-13(11-9-12)27(19,24)25/h4-11H,3H2,1-2H3,(H,20,22)(H2,19,24,25). The predicted molar refractivity (Wildman–Crippen MR) is 105 cm³/mol. The Hall–Kier alpha value is -2.36. The van der Waals surface area contributed by atoms with Gasteiger partial charge in [0.2, 0.25) is 15.9 Å². The normalized spacial score (nSPS) is 19.5. The van der Waals surface area contributed by atoms with Gasteiger partial charge in [0.15, 0.2) is 4.75 Å². The van der Waals surface area contributed by atoms with Gasteiger partial charge >= 0.3 is 0 Å². The fourth-order valence-electron chi connectivity index (χ4n) is 2.83. The molecule has 0 aromatic heterocycles. The second kappa shape index (κ2) is 6.99. The molecule has 3 N–H and O–H groups in total. The van der Waals surface area contributed by atoms with Crippen molar-refractivity contribution in [3.63, 3.8) is 0 Å². The van der Waals surface area contributed by atoms with Crippen molar-refractivity contribution >= 4 is 45.0 Å². The number of nitrogens with zero attached hydrogens (tertiary/aromatic N) is 1. The maximum absolute atomic E-state index is 13.0. The molecule has 27 heavy (non-hydrogen) atoms. The van der Waals surface area contributed by atoms with Gasteiger partial charge in [0, 0.05) is 17.1 Å². The molecule has 9 heteroatoms. The molecule has 1 aliphatic rings. The average molecular weight is 406 g/mol. The van der Waals surface area contributed by atoms with Gasteiger partial charge in [-0.2, -0.15) is 0 Å². The first-order valence-corrected chi connectivity index (χ1v) is 10.6. The first-order chi connectivity index (χ1) is 12.7. The molecular weight excluding hydrogens is 386 g/mol. The lowest BCUT2D eigenvalue weighted by Crippen LogP contribution is -2.54. The average Bonchev–Trinajstić information content (AvgIpc) is 2.62. The minimum absolute atomic E-state index is 0.0547. The Kier molecular flexibility index (Phi) is 5.02. The van der Waals surface area contributed by atoms with E-state index in [1.165, 1.54) is 36.0 Å². The smallest absolute Gasteiger partial charge is 0.252 e. The molecule has 2 aromatic rings. The summed E-state index contributed by atoms with van der Waals surface area (Å²) in [6.07, 6.45) is 0. The SMILES string of the molecule is CCN1C(=O)C(C)(C(=O)Nc2ccc(S(N)(=O)=O)cc2)Sc2ccccc21. The van der Waals surface area contributed by atoms with Crippen molar-refractivity contribution in [1.29, 1.82) is 0 Å². The summed E-state index contributed by atoms with van der Waals surface area (Å²) in [5.41, 5.74) is 1.17. The molecule has 142 valence electrons. The quantitative estimate of drug-likeness (QED) is 0.758. The summed E-state index contributed by atoms with van der Waals surface area (Å²) >= 11 is 1.20. The highest BCUT2D eigenvalue weighted by Gasteiger charge is 2.48. The number of carbonyl (C=O) groups is 2. The number of thioether (sulfide) groups is 1. The summed E-state index contributed by atoms with van der Waals surface area (Å²) in [5.74, 6) is -0.777. The summed E-state index contributed by atoms with van der Waals surface area (Å²) in [6, 6.07) is 12.9. The van der Waals surface area contributed by atoms with Gasteiger partial charge in [-0.25, -0.2) is 13.6 Å². The molecule has 0 radical (unpaired) electrons. The molecular formula is C18H19N3O4S2. The van der Waals surface area contributed by atoms with Crippen LogP contribution in [0.5, 0.6) is 0 Å². The van der Waals surface area contributed by atoms with E-state index >= 15 is 0 Å². The number of fused-ring (bicyclic) bond motifs is 1. The van der Waals surface area contributed by atoms with Crippen molar-refractivity contribution in [3.8, 4) is 0 Å². The highest BCUT2D eigenvalue weighted by molar-refractivity contribution is 8.02. The van der Waals surface area contributed by atoms with Crippen LogP contribution in [0.15, 0.2) is 58.3 Å². The summed E-state index contributed by atoms with van der Waals surface area (Å²) < 4.78 is 21.3. The Labute approximate surface area is 162 Å². The Bertz CT molecular complexity index is 1010. The molecule has 1 aliphatic heterocycles. The third-order valence-electron chi connectivity index (χ3n) is 4.31. The van der Waals surface area contributed by atoms with Crippen LogP contribution in [0.3, 0.4) is 0 Å². The second-order valence-electron chi connectivity index (χ2n) is 6.18. The number of benzene rings is 2. The molecule has 0 bridgehead atoms. The number of primary sulfonamides is 1. The summed E-state index contributed by atoms with van der Waals surface area (Å²) in [4.78, 5) is 28.3. The third-order valence-corrected chi connectivity index (χ3v) is 6.58. The van der Waals surface area contributed by atoms with Crippen LogP contribution in [0.25, 0.3) is 0 Å². The van der Waals surface area contributed by atoms with E-state index in [0.29, 0.717) is 12.2 Å². The predicted octanol–water partition coefficient (Wildman–Crippen LogP) is 2.19. The number of sulfonamides is 1. The zero-order valence-corrected chi connectivity index (χ0v) is 16.4. The molecule has 7 nitrogen and oxygen atoms in total. The van der Waals surface area contributed by atoms with Gasteiger partial charge in [0.1, 0.15) is 0 Å². The maximum Gasteiger partial charge on any atom is 0.252 e. The van der Waals surface area contributed by atoms with Crippen molar-refractivity contribution in [2.75, 3.05) is 16.8 Å². The van der Waals surface area contributed by atoms with Crippen molar-refractivity contribution in [2.45, 2.75) is 28.4 Å². The maximum atomic E-state index is 13.0. The van der Waals surface area contributed by atoms with E-state index in [4.69, 9.17) is 5.14 Å². The Balaban J connectivity index is 1.89. The van der Waals surface area contributed by atoms with Gasteiger partial charge in [-0.15, -0.1) is 0 Å². The van der Waals surface area contributed by atoms with E-state index in [9.17, 15) is 18.0 Å². The zero-order chi connectivity index (χ0) is 19.8. The van der Waals surface area contributed by atoms with Crippen molar-refractivity contribution in [2.24, 2.45) is 5.14 Å². The molecule has 1 unspecified atom stereocenters. The molecule has 1 heterocycles. The first kappa shape index (κ1) is 19.4. The van der Waals surface area contributed by atoms with E-state index < -0.39 is 20.7 Å². The number of nitrogens with two attached hydrogens (primary N) is 1. The Morgan fingerprint density at radius 2 is 1.81 bits per heavy atom. The van der Waals surface area contributed by atoms with Crippen molar-refractivity contribution in [1.82, 2.24) is 0 Å². The highest BCUT2D eigenvalue weighted by Crippen LogP contribution is 2.45. The van der Waals surface area contributed by atoms with Gasteiger partial charge < -0.3 is 10.2 Å². The van der Waals surface area contributed by atoms with Gasteiger partial charge in [0.05, 0.1) is 10.6 Å². The monoisotopic (exact) mass is 405 g/mol. The first-order valence-electron chi connectivity index (χ1n) is 8.21. The van der Waals surface area contributed by atoms with Gasteiger partial charge in [-0.05, 0) is 50.2 Å². The number of nitrogens with one attached hydrogen (secondary N) is 1. The van der Waals surface area contributed by atoms with Crippen molar-refractivity contribution in [3.05, 3.63) is 48.5 Å². The lowest BCUT2D eigenvalue weighted by Gasteiger charge is -2.38. The number of rotatable bonds is 4. The van der Waals surface area contributed by atoms with Crippen LogP contribution in [-0.4, -0.2) is 31.5 Å². The second-order valence-corrected chi connectivity index (χ2v) is 9.20. The van der Waals surface area contributed by atoms with Gasteiger partial charge in [0.25, 0.3) is 5.91 Å². The fraction of sp³-hybridized carbons (Fsp3) is 0.222. The van der Waals surface area contributed by atoms with E-state index in [1.807, 2.05) is 31.2 Å². The van der Waals surface area contributed by atoms with E-state index in [2.05, 4.69) is 5.32 Å². The largest absolute Gasteiger partial charge is 0.324 e. The van der Waals surface area contributed by atoms with Crippen LogP contribution >= 0.6 is 11.8 Å². The molecule has 3 rings (SSSR count). The number of hydrogen-bond acceptors (Lipinski definition) is 5. The number of amides is 2. The molecule has 0 fully saturated rings. The Morgan fingerprint density at radius 1 is 1.19 bits per heavy atom. The highest BCUT2D eigenvalue weighted by atomic mass is 32.2. The summed E-state index contributed by atoms with van der Waals surface area (Å²) in [6.45, 7) is 3.89. The molecule has 0 aliphatic carbocycles. The molecule has 2 amide bonds. The van der Waals surface area contributed by atoms with Crippen LogP contribution in [0.2, 0.25) is 0 Å². The summed E-state index contributed by atoms with van der Waals surface area (Å²) in [7, 11) is -3.81. The van der Waals surface area contributed by atoms with Crippen LogP contribution in [0.1, 0.15) is 13.8 Å². The lowest BCUT2D eigenvalue weighted by molar-refractivity contribution is -0.128. The third kappa shape index (κ3) is 3.58. The summed E-state index contributed by atoms with van der Waals surface area (Å²) in [5, 5.41) is 7.77. The molecule has 0 spiro atoms. The van der Waals surface area contributed by atoms with Crippen LogP contribution in [0.4, 0.5) is 11.4 Å². The number of anilines is 2. The molecule has 0 saturated carbocycles. The number of hydrogen-bond donors (Lipinski definition) is 2. The Morgan fingerprint density at radius 3 is 2.41 bits per heavy atom. The van der Waals surface area contributed by atoms with Crippen LogP contribution in [-0.2, 0) is 19.6 Å². The minimum Gasteiger partial charge on any atom is -0.324 e. The lowest BCUT2D eigenvalue weighted by atomic mass is 10.1. The van der Waals surface area contributed by atoms with E-state index in [1.54, 1.807) is 11.8 Å². The van der Waals surface area contributed by atoms with Crippen LogP contribution < -0.4 is 15.4 Å². The van der Waals surface area contributed by atoms with Crippen LogP contribution in [0, 0.1) is 0 Å². The van der Waals surface area contributed by atoms with Gasteiger partial charge in [-0.3, -0.25) is 9.59 Å². The van der Waals surface area contributed by atoms with Gasteiger partial charge in [-0.1, -0.05) is 23.9 Å². The molecule has 2 aromatic carbocycles. The molecule has 1 atom stereocenters.